The maximum absolute atomic E-state index is 13.4. The maximum atomic E-state index is 13.4. The average molecular weight is 596 g/mol. The highest BCUT2D eigenvalue weighted by molar-refractivity contribution is 6.76. The second-order valence-electron chi connectivity index (χ2n) is 13.5. The molecule has 0 spiro atoms. The molecule has 1 amide bonds. The van der Waals surface area contributed by atoms with Crippen LogP contribution in [-0.2, 0) is 27.7 Å². The van der Waals surface area contributed by atoms with E-state index < -0.39 is 28.2 Å². The molecule has 1 aliphatic carbocycles. The number of nitrogens with zero attached hydrogens (tertiary/aromatic N) is 4. The number of aromatic nitrogens is 4. The molecule has 2 atom stereocenters. The van der Waals surface area contributed by atoms with Gasteiger partial charge in [0.25, 0.3) is 0 Å². The van der Waals surface area contributed by atoms with Crippen molar-refractivity contribution in [3.8, 4) is 11.1 Å². The summed E-state index contributed by atoms with van der Waals surface area (Å²) in [6.45, 7) is 16.3. The van der Waals surface area contributed by atoms with Crippen LogP contribution in [0.1, 0.15) is 6.42 Å². The molecule has 4 aromatic rings. The third-order valence-electron chi connectivity index (χ3n) is 7.41. The number of carbonyl (C=O) groups is 1. The average Bonchev–Trinajstić information content (AvgIpc) is 3.34. The van der Waals surface area contributed by atoms with E-state index in [4.69, 9.17) is 14.5 Å². The normalized spacial score (nSPS) is 17.4. The monoisotopic (exact) mass is 595 g/mol. The van der Waals surface area contributed by atoms with Crippen molar-refractivity contribution in [1.82, 2.24) is 19.1 Å². The van der Waals surface area contributed by atoms with Gasteiger partial charge in [0.05, 0.1) is 23.3 Å². The predicted molar refractivity (Wildman–Crippen MR) is 168 cm³/mol. The summed E-state index contributed by atoms with van der Waals surface area (Å²) in [5.41, 5.74) is 4.65. The highest BCUT2D eigenvalue weighted by atomic mass is 28.3. The number of rotatable bonds is 13. The van der Waals surface area contributed by atoms with Crippen LogP contribution in [0.4, 0.5) is 10.2 Å². The van der Waals surface area contributed by atoms with Crippen molar-refractivity contribution in [1.29, 1.82) is 0 Å². The number of nitrogens with one attached hydrogen (secondary N) is 1. The Morgan fingerprint density at radius 1 is 1.00 bits per heavy atom. The molecule has 41 heavy (non-hydrogen) atoms. The molecule has 3 aromatic heterocycles. The first-order chi connectivity index (χ1) is 19.4. The van der Waals surface area contributed by atoms with E-state index in [1.165, 1.54) is 0 Å². The molecule has 0 aliphatic heterocycles. The Hall–Kier alpha value is -2.87. The van der Waals surface area contributed by atoms with Crippen LogP contribution in [-0.4, -0.2) is 60.5 Å². The van der Waals surface area contributed by atoms with Crippen LogP contribution in [0.3, 0.4) is 0 Å². The fraction of sp³-hybridized carbons (Fsp3) is 0.500. The van der Waals surface area contributed by atoms with E-state index >= 15 is 0 Å². The number of anilines is 1. The van der Waals surface area contributed by atoms with Crippen LogP contribution < -0.4 is 5.32 Å². The number of amides is 1. The molecule has 0 saturated heterocycles. The molecule has 220 valence electrons. The zero-order chi connectivity index (χ0) is 29.4. The topological polar surface area (TPSA) is 83.2 Å². The summed E-state index contributed by atoms with van der Waals surface area (Å²) in [5.74, 6) is -0.477. The van der Waals surface area contributed by atoms with Crippen molar-refractivity contribution in [2.45, 2.75) is 77.4 Å². The molecule has 1 N–H and O–H groups in total. The quantitative estimate of drug-likeness (QED) is 0.133. The fourth-order valence-corrected chi connectivity index (χ4v) is 6.15. The van der Waals surface area contributed by atoms with Crippen molar-refractivity contribution in [3.05, 3.63) is 42.9 Å². The van der Waals surface area contributed by atoms with E-state index in [2.05, 4.69) is 67.8 Å². The van der Waals surface area contributed by atoms with Gasteiger partial charge in [-0.1, -0.05) is 45.3 Å². The summed E-state index contributed by atoms with van der Waals surface area (Å²) in [6.07, 6.45) is 3.11. The summed E-state index contributed by atoms with van der Waals surface area (Å²) in [5, 5.41) is 3.73. The van der Waals surface area contributed by atoms with E-state index in [-0.39, 0.29) is 12.3 Å². The number of halogens is 1. The highest BCUT2D eigenvalue weighted by Gasteiger charge is 2.43. The number of pyridine rings is 1. The Morgan fingerprint density at radius 3 is 2.29 bits per heavy atom. The number of hydrogen-bond donors (Lipinski definition) is 1. The van der Waals surface area contributed by atoms with Crippen LogP contribution in [0.5, 0.6) is 0 Å². The van der Waals surface area contributed by atoms with Gasteiger partial charge in [0.1, 0.15) is 31.1 Å². The summed E-state index contributed by atoms with van der Waals surface area (Å²) < 4.78 is 29.5. The lowest BCUT2D eigenvalue weighted by Gasteiger charge is -2.15. The molecule has 0 radical (unpaired) electrons. The Bertz CT molecular complexity index is 1540. The molecule has 0 bridgehead atoms. The van der Waals surface area contributed by atoms with Gasteiger partial charge < -0.3 is 23.9 Å². The van der Waals surface area contributed by atoms with E-state index in [0.717, 1.165) is 46.2 Å². The van der Waals surface area contributed by atoms with Gasteiger partial charge in [0.2, 0.25) is 5.91 Å². The van der Waals surface area contributed by atoms with E-state index in [1.807, 2.05) is 27.7 Å². The van der Waals surface area contributed by atoms with Crippen LogP contribution in [0.15, 0.2) is 42.9 Å². The maximum Gasteiger partial charge on any atom is 0.231 e. The molecule has 3 heterocycles. The van der Waals surface area contributed by atoms with Gasteiger partial charge in [-0.2, -0.15) is 0 Å². The third-order valence-corrected chi connectivity index (χ3v) is 10.8. The van der Waals surface area contributed by atoms with Crippen molar-refractivity contribution in [2.75, 3.05) is 18.5 Å². The minimum Gasteiger partial charge on any atom is -0.361 e. The van der Waals surface area contributed by atoms with Crippen LogP contribution in [0, 0.1) is 5.92 Å². The molecule has 1 saturated carbocycles. The molecule has 1 fully saturated rings. The Kier molecular flexibility index (Phi) is 8.52. The van der Waals surface area contributed by atoms with E-state index in [1.54, 1.807) is 6.07 Å². The summed E-state index contributed by atoms with van der Waals surface area (Å²) in [4.78, 5) is 21.8. The van der Waals surface area contributed by atoms with Gasteiger partial charge in [0.15, 0.2) is 0 Å². The minimum absolute atomic E-state index is 0.280. The Labute approximate surface area is 243 Å². The second-order valence-corrected chi connectivity index (χ2v) is 24.8. The lowest BCUT2D eigenvalue weighted by molar-refractivity contribution is -0.117. The van der Waals surface area contributed by atoms with Crippen molar-refractivity contribution >= 4 is 49.9 Å². The summed E-state index contributed by atoms with van der Waals surface area (Å²) >= 11 is 0. The van der Waals surface area contributed by atoms with Gasteiger partial charge >= 0.3 is 0 Å². The van der Waals surface area contributed by atoms with Gasteiger partial charge in [-0.05, 0) is 48.3 Å². The molecule has 1 aromatic carbocycles. The number of alkyl halides is 1. The molecule has 0 unspecified atom stereocenters. The van der Waals surface area contributed by atoms with Gasteiger partial charge in [-0.15, -0.1) is 0 Å². The molecule has 1 aliphatic rings. The van der Waals surface area contributed by atoms with Gasteiger partial charge in [0, 0.05) is 46.5 Å². The number of imidazole rings is 1. The molecule has 11 heteroatoms. The zero-order valence-corrected chi connectivity index (χ0v) is 27.0. The number of fused-ring (bicyclic) bond motifs is 2. The Balaban J connectivity index is 1.39. The summed E-state index contributed by atoms with van der Waals surface area (Å²) in [7, 11) is -2.36. The lowest BCUT2D eigenvalue weighted by atomic mass is 10.1. The zero-order valence-electron chi connectivity index (χ0n) is 25.0. The van der Waals surface area contributed by atoms with Gasteiger partial charge in [-0.3, -0.25) is 4.79 Å². The van der Waals surface area contributed by atoms with Crippen LogP contribution in [0.2, 0.25) is 51.4 Å². The van der Waals surface area contributed by atoms with Crippen molar-refractivity contribution in [2.24, 2.45) is 5.92 Å². The first-order valence-electron chi connectivity index (χ1n) is 14.4. The van der Waals surface area contributed by atoms with Gasteiger partial charge in [-0.25, -0.2) is 14.4 Å². The number of benzene rings is 1. The number of ether oxygens (including phenoxy) is 2. The molecule has 8 nitrogen and oxygen atoms in total. The van der Waals surface area contributed by atoms with E-state index in [0.29, 0.717) is 31.5 Å². The molecular weight excluding hydrogens is 554 g/mol. The highest BCUT2D eigenvalue weighted by Crippen LogP contribution is 2.36. The Morgan fingerprint density at radius 2 is 1.66 bits per heavy atom. The SMILES string of the molecule is C[Si](C)(C)CCOCn1cnc2cc(-c3cn(COCC[Si](C)(C)C)c4nc(NC(=O)[C@@H]5C[C@@H]5F)ccc34)ccc21. The summed E-state index contributed by atoms with van der Waals surface area (Å²) in [6, 6.07) is 12.2. The van der Waals surface area contributed by atoms with Crippen molar-refractivity contribution in [3.63, 3.8) is 0 Å². The minimum atomic E-state index is -1.22. The standard InChI is InChI=1S/C30H42FN5O3Si2/c1-40(2,3)13-11-38-19-35-17-24(22-8-10-28(33-29(22)35)34-30(37)23-16-25(23)31)21-7-9-27-26(15-21)32-18-36(27)20-39-12-14-41(4,5)6/h7-10,15,17-18,23,25H,11-14,16,19-20H2,1-6H3,(H,33,34,37)/t23-,25+/m1/s1. The van der Waals surface area contributed by atoms with Crippen LogP contribution >= 0.6 is 0 Å². The smallest absolute Gasteiger partial charge is 0.231 e. The predicted octanol–water partition coefficient (Wildman–Crippen LogP) is 6.97. The van der Waals surface area contributed by atoms with E-state index in [9.17, 15) is 9.18 Å². The van der Waals surface area contributed by atoms with Crippen LogP contribution in [0.25, 0.3) is 33.2 Å². The molecular formula is C30H42FN5O3Si2. The lowest BCUT2D eigenvalue weighted by Crippen LogP contribution is -2.22. The molecule has 5 rings (SSSR count). The largest absolute Gasteiger partial charge is 0.361 e. The second kappa shape index (κ2) is 11.8. The first kappa shape index (κ1) is 29.6. The number of hydrogen-bond acceptors (Lipinski definition) is 5. The van der Waals surface area contributed by atoms with Crippen molar-refractivity contribution < 1.29 is 18.7 Å². The fourth-order valence-electron chi connectivity index (χ4n) is 4.63. The number of carbonyl (C=O) groups excluding carboxylic acids is 1. The first-order valence-corrected chi connectivity index (χ1v) is 21.8. The third kappa shape index (κ3) is 7.51.